The monoisotopic (exact) mass is 481 g/mol. The van der Waals surface area contributed by atoms with Crippen LogP contribution in [0.1, 0.15) is 56.9 Å². The van der Waals surface area contributed by atoms with Gasteiger partial charge in [-0.2, -0.15) is 0 Å². The van der Waals surface area contributed by atoms with Crippen LogP contribution in [0.2, 0.25) is 10.0 Å². The van der Waals surface area contributed by atoms with E-state index in [0.717, 1.165) is 52.1 Å². The molecule has 3 saturated heterocycles. The highest BCUT2D eigenvalue weighted by Gasteiger charge is 2.43. The summed E-state index contributed by atoms with van der Waals surface area (Å²) in [4.78, 5) is 19.9. The lowest BCUT2D eigenvalue weighted by molar-refractivity contribution is -0.136. The number of nitrogens with zero attached hydrogens (tertiary/aromatic N) is 3. The second kappa shape index (κ2) is 9.40. The number of hydrogen-bond donors (Lipinski definition) is 0. The van der Waals surface area contributed by atoms with Crippen LogP contribution >= 0.6 is 23.2 Å². The molecule has 1 aliphatic carbocycles. The van der Waals surface area contributed by atoms with Gasteiger partial charge in [-0.05, 0) is 68.6 Å². The molecule has 4 nitrogen and oxygen atoms in total. The van der Waals surface area contributed by atoms with E-state index in [-0.39, 0.29) is 5.41 Å². The second-order valence-corrected chi connectivity index (χ2v) is 11.2. The van der Waals surface area contributed by atoms with Crippen molar-refractivity contribution in [3.8, 4) is 0 Å². The summed E-state index contributed by atoms with van der Waals surface area (Å²) < 4.78 is 13.6. The van der Waals surface area contributed by atoms with Crippen molar-refractivity contribution in [2.75, 3.05) is 39.3 Å². The van der Waals surface area contributed by atoms with Gasteiger partial charge in [0.25, 0.3) is 0 Å². The largest absolute Gasteiger partial charge is 0.342 e. The van der Waals surface area contributed by atoms with Crippen LogP contribution in [0.5, 0.6) is 0 Å². The molecule has 32 heavy (non-hydrogen) atoms. The molecule has 0 aromatic heterocycles. The first-order valence-corrected chi connectivity index (χ1v) is 13.0. The minimum Gasteiger partial charge on any atom is -0.342 e. The van der Waals surface area contributed by atoms with Crippen LogP contribution in [0.25, 0.3) is 0 Å². The van der Waals surface area contributed by atoms with Crippen molar-refractivity contribution in [1.82, 2.24) is 14.7 Å². The number of hydrogen-bond acceptors (Lipinski definition) is 3. The van der Waals surface area contributed by atoms with E-state index in [1.165, 1.54) is 24.8 Å². The van der Waals surface area contributed by atoms with Crippen molar-refractivity contribution < 1.29 is 9.18 Å². The highest BCUT2D eigenvalue weighted by molar-refractivity contribution is 6.42. The van der Waals surface area contributed by atoms with Crippen LogP contribution in [-0.2, 0) is 10.2 Å². The lowest BCUT2D eigenvalue weighted by Crippen LogP contribution is -2.60. The molecular formula is C25H34Cl2FN3O. The number of piperidine rings is 2. The molecule has 4 aliphatic rings. The summed E-state index contributed by atoms with van der Waals surface area (Å²) in [5.41, 5.74) is 1.11. The van der Waals surface area contributed by atoms with Crippen LogP contribution < -0.4 is 0 Å². The van der Waals surface area contributed by atoms with Gasteiger partial charge < -0.3 is 4.90 Å². The molecule has 0 spiro atoms. The molecule has 7 heteroatoms. The maximum absolute atomic E-state index is 13.6. The highest BCUT2D eigenvalue weighted by atomic mass is 35.5. The number of likely N-dealkylation sites (tertiary alicyclic amines) is 3. The molecule has 1 aromatic rings. The Morgan fingerprint density at radius 2 is 1.81 bits per heavy atom. The second-order valence-electron chi connectivity index (χ2n) is 10.4. The minimum absolute atomic E-state index is 0.0941. The van der Waals surface area contributed by atoms with Crippen LogP contribution in [-0.4, -0.2) is 72.2 Å². The molecule has 0 N–H and O–H groups in total. The van der Waals surface area contributed by atoms with Gasteiger partial charge in [-0.3, -0.25) is 14.6 Å². The number of benzene rings is 1. The first-order valence-electron chi connectivity index (χ1n) is 12.3. The van der Waals surface area contributed by atoms with Crippen molar-refractivity contribution in [3.05, 3.63) is 33.8 Å². The van der Waals surface area contributed by atoms with E-state index < -0.39 is 6.17 Å². The molecule has 2 atom stereocenters. The minimum atomic E-state index is -0.630. The molecule has 3 heterocycles. The van der Waals surface area contributed by atoms with Gasteiger partial charge in [-0.15, -0.1) is 0 Å². The first-order chi connectivity index (χ1) is 15.4. The Labute approximate surface area is 201 Å². The smallest absolute Gasteiger partial charge is 0.222 e. The molecule has 1 amide bonds. The Balaban J connectivity index is 1.32. The molecule has 0 bridgehead atoms. The molecule has 1 aromatic carbocycles. The van der Waals surface area contributed by atoms with E-state index in [2.05, 4.69) is 20.8 Å². The molecular weight excluding hydrogens is 448 g/mol. The standard InChI is InChI=1S/C25H34Cl2FN3O/c26-21-4-3-19(15-22(21)27)25(9-5-24(32)31(17-25)16-18-1-2-18)10-14-30-13-8-23(30)29-11-6-20(28)7-12-29/h3-4,15,18,20,23H,1-2,5-14,16-17H2. The first kappa shape index (κ1) is 22.9. The lowest BCUT2D eigenvalue weighted by atomic mass is 9.71. The van der Waals surface area contributed by atoms with Crippen LogP contribution in [0, 0.1) is 5.92 Å². The fraction of sp³-hybridized carbons (Fsp3) is 0.720. The van der Waals surface area contributed by atoms with Gasteiger partial charge in [0.2, 0.25) is 5.91 Å². The maximum atomic E-state index is 13.6. The summed E-state index contributed by atoms with van der Waals surface area (Å²) in [5, 5.41) is 1.16. The molecule has 176 valence electrons. The van der Waals surface area contributed by atoms with Crippen LogP contribution in [0.4, 0.5) is 4.39 Å². The number of carbonyl (C=O) groups excluding carboxylic acids is 1. The predicted octanol–water partition coefficient (Wildman–Crippen LogP) is 5.12. The molecule has 5 rings (SSSR count). The van der Waals surface area contributed by atoms with E-state index in [0.29, 0.717) is 47.3 Å². The molecule has 3 aliphatic heterocycles. The normalized spacial score (nSPS) is 30.5. The van der Waals surface area contributed by atoms with E-state index >= 15 is 0 Å². The third kappa shape index (κ3) is 4.82. The van der Waals surface area contributed by atoms with Crippen LogP contribution in [0.15, 0.2) is 18.2 Å². The Bertz CT molecular complexity index is 842. The Morgan fingerprint density at radius 1 is 1.03 bits per heavy atom. The van der Waals surface area contributed by atoms with Crippen molar-refractivity contribution in [1.29, 1.82) is 0 Å². The van der Waals surface area contributed by atoms with Gasteiger partial charge in [0, 0.05) is 51.1 Å². The summed E-state index contributed by atoms with van der Waals surface area (Å²) in [6.07, 6.45) is 7.25. The molecule has 4 fully saturated rings. The molecule has 0 radical (unpaired) electrons. The van der Waals surface area contributed by atoms with Gasteiger partial charge in [0.05, 0.1) is 16.2 Å². The van der Waals surface area contributed by atoms with Crippen molar-refractivity contribution >= 4 is 29.1 Å². The van der Waals surface area contributed by atoms with Gasteiger partial charge in [0.15, 0.2) is 0 Å². The fourth-order valence-corrected chi connectivity index (χ4v) is 6.15. The summed E-state index contributed by atoms with van der Waals surface area (Å²) in [6.45, 7) is 5.49. The summed E-state index contributed by atoms with van der Waals surface area (Å²) in [6, 6.07) is 6.03. The van der Waals surface area contributed by atoms with Crippen LogP contribution in [0.3, 0.4) is 0 Å². The van der Waals surface area contributed by atoms with Gasteiger partial charge in [-0.1, -0.05) is 29.3 Å². The quantitative estimate of drug-likeness (QED) is 0.540. The van der Waals surface area contributed by atoms with E-state index in [1.807, 2.05) is 12.1 Å². The zero-order valence-corrected chi connectivity index (χ0v) is 20.3. The van der Waals surface area contributed by atoms with E-state index in [9.17, 15) is 9.18 Å². The van der Waals surface area contributed by atoms with Crippen molar-refractivity contribution in [2.24, 2.45) is 5.92 Å². The molecule has 2 unspecified atom stereocenters. The Hall–Kier alpha value is -0.880. The van der Waals surface area contributed by atoms with Crippen molar-refractivity contribution in [2.45, 2.75) is 69.1 Å². The maximum Gasteiger partial charge on any atom is 0.222 e. The van der Waals surface area contributed by atoms with Gasteiger partial charge in [0.1, 0.15) is 6.17 Å². The number of halogens is 3. The fourth-order valence-electron chi connectivity index (χ4n) is 5.85. The number of amides is 1. The van der Waals surface area contributed by atoms with Gasteiger partial charge in [-0.25, -0.2) is 4.39 Å². The number of rotatable bonds is 7. The zero-order chi connectivity index (χ0) is 22.3. The van der Waals surface area contributed by atoms with E-state index in [1.54, 1.807) is 0 Å². The summed E-state index contributed by atoms with van der Waals surface area (Å²) in [5.74, 6) is 0.977. The Kier molecular flexibility index (Phi) is 6.73. The van der Waals surface area contributed by atoms with Crippen molar-refractivity contribution in [3.63, 3.8) is 0 Å². The average Bonchev–Trinajstić information content (AvgIpc) is 3.57. The average molecular weight is 482 g/mol. The SMILES string of the molecule is O=C1CCC(CCN2CCC2N2CCC(F)CC2)(c2ccc(Cl)c(Cl)c2)CN1CC1CC1. The summed E-state index contributed by atoms with van der Waals surface area (Å²) in [7, 11) is 0. The van der Waals surface area contributed by atoms with Gasteiger partial charge >= 0.3 is 0 Å². The predicted molar refractivity (Wildman–Crippen MR) is 127 cm³/mol. The lowest BCUT2D eigenvalue weighted by Gasteiger charge is -2.51. The van der Waals surface area contributed by atoms with E-state index in [4.69, 9.17) is 23.2 Å². The Morgan fingerprint density at radius 3 is 2.47 bits per heavy atom. The summed E-state index contributed by atoms with van der Waals surface area (Å²) >= 11 is 12.7. The number of carbonyl (C=O) groups is 1. The molecule has 1 saturated carbocycles. The third-order valence-electron chi connectivity index (χ3n) is 8.23. The zero-order valence-electron chi connectivity index (χ0n) is 18.7. The highest BCUT2D eigenvalue weighted by Crippen LogP contribution is 2.42. The number of alkyl halides is 1. The topological polar surface area (TPSA) is 26.8 Å². The third-order valence-corrected chi connectivity index (χ3v) is 8.96.